The number of ether oxygens (including phenoxy) is 1. The van der Waals surface area contributed by atoms with Gasteiger partial charge in [0.25, 0.3) is 0 Å². The number of nitrogens with zero attached hydrogens (tertiary/aromatic N) is 2. The number of hydrogen-bond donors (Lipinski definition) is 1. The second kappa shape index (κ2) is 9.60. The molecule has 4 nitrogen and oxygen atoms in total. The van der Waals surface area contributed by atoms with Gasteiger partial charge >= 0.3 is 0 Å². The average Bonchev–Trinajstić information content (AvgIpc) is 2.55. The number of rotatable bonds is 8. The van der Waals surface area contributed by atoms with Crippen molar-refractivity contribution in [2.75, 3.05) is 45.9 Å². The molecule has 2 rings (SSSR count). The summed E-state index contributed by atoms with van der Waals surface area (Å²) in [6.45, 7) is 10.7. The van der Waals surface area contributed by atoms with Gasteiger partial charge in [0, 0.05) is 37.7 Å². The minimum atomic E-state index is -0.442. The van der Waals surface area contributed by atoms with E-state index in [1.165, 1.54) is 13.0 Å². The molecule has 0 bridgehead atoms. The number of halogens is 1. The molecule has 1 heterocycles. The maximum atomic E-state index is 10.2. The van der Waals surface area contributed by atoms with Crippen molar-refractivity contribution in [3.05, 3.63) is 34.9 Å². The zero-order valence-corrected chi connectivity index (χ0v) is 15.0. The fourth-order valence-electron chi connectivity index (χ4n) is 2.95. The van der Waals surface area contributed by atoms with Crippen molar-refractivity contribution >= 4 is 11.6 Å². The van der Waals surface area contributed by atoms with E-state index in [9.17, 15) is 5.11 Å². The molecule has 0 unspecified atom stereocenters. The van der Waals surface area contributed by atoms with Crippen LogP contribution in [0, 0.1) is 0 Å². The summed E-state index contributed by atoms with van der Waals surface area (Å²) in [6, 6.07) is 7.66. The van der Waals surface area contributed by atoms with E-state index in [0.29, 0.717) is 13.2 Å². The lowest BCUT2D eigenvalue weighted by atomic mass is 10.1. The van der Waals surface area contributed by atoms with Gasteiger partial charge < -0.3 is 14.7 Å². The molecule has 5 heteroatoms. The van der Waals surface area contributed by atoms with Crippen LogP contribution < -0.4 is 0 Å². The Bertz CT molecular complexity index is 447. The van der Waals surface area contributed by atoms with Crippen LogP contribution in [0.4, 0.5) is 0 Å². The number of piperazine rings is 1. The molecule has 1 aromatic carbocycles. The molecule has 1 aliphatic heterocycles. The van der Waals surface area contributed by atoms with E-state index in [2.05, 4.69) is 16.7 Å². The molecular formula is C18H29ClN2O2. The molecule has 0 aliphatic carbocycles. The van der Waals surface area contributed by atoms with Crippen molar-refractivity contribution in [2.24, 2.45) is 0 Å². The third kappa shape index (κ3) is 6.40. The second-order valence-electron chi connectivity index (χ2n) is 6.32. The summed E-state index contributed by atoms with van der Waals surface area (Å²) in [7, 11) is 0. The highest BCUT2D eigenvalue weighted by Crippen LogP contribution is 2.19. The molecule has 1 fully saturated rings. The Labute approximate surface area is 145 Å². The van der Waals surface area contributed by atoms with Gasteiger partial charge in [0.2, 0.25) is 0 Å². The van der Waals surface area contributed by atoms with E-state index in [0.717, 1.165) is 36.8 Å². The first-order chi connectivity index (χ1) is 11.1. The average molecular weight is 341 g/mol. The summed E-state index contributed by atoms with van der Waals surface area (Å²) in [5.74, 6) is 0. The SMILES string of the molecule is CCCN1CCN(C[C@@H](O)CO[C@@H](C)c2ccc(Cl)cc2)CC1. The lowest BCUT2D eigenvalue weighted by molar-refractivity contribution is -0.0209. The van der Waals surface area contributed by atoms with Crippen molar-refractivity contribution in [3.8, 4) is 0 Å². The molecule has 1 aromatic rings. The molecule has 1 saturated heterocycles. The number of hydrogen-bond acceptors (Lipinski definition) is 4. The van der Waals surface area contributed by atoms with Crippen molar-refractivity contribution in [3.63, 3.8) is 0 Å². The summed E-state index contributed by atoms with van der Waals surface area (Å²) < 4.78 is 5.80. The van der Waals surface area contributed by atoms with E-state index >= 15 is 0 Å². The van der Waals surface area contributed by atoms with Gasteiger partial charge in [-0.2, -0.15) is 0 Å². The summed E-state index contributed by atoms with van der Waals surface area (Å²) >= 11 is 5.89. The van der Waals surface area contributed by atoms with E-state index in [1.54, 1.807) is 0 Å². The van der Waals surface area contributed by atoms with E-state index < -0.39 is 6.10 Å². The van der Waals surface area contributed by atoms with Gasteiger partial charge in [0.05, 0.1) is 18.8 Å². The summed E-state index contributed by atoms with van der Waals surface area (Å²) in [5.41, 5.74) is 1.08. The topological polar surface area (TPSA) is 35.9 Å². The Kier molecular flexibility index (Phi) is 7.80. The predicted molar refractivity (Wildman–Crippen MR) is 95.0 cm³/mol. The summed E-state index contributed by atoms with van der Waals surface area (Å²) in [4.78, 5) is 4.81. The first kappa shape index (κ1) is 18.7. The van der Waals surface area contributed by atoms with Crippen LogP contribution in [-0.4, -0.2) is 66.9 Å². The van der Waals surface area contributed by atoms with Crippen LogP contribution in [0.25, 0.3) is 0 Å². The Morgan fingerprint density at radius 1 is 1.13 bits per heavy atom. The molecule has 0 amide bonds. The lowest BCUT2D eigenvalue weighted by Crippen LogP contribution is -2.49. The quantitative estimate of drug-likeness (QED) is 0.789. The Balaban J connectivity index is 1.67. The lowest BCUT2D eigenvalue weighted by Gasteiger charge is -2.35. The molecule has 0 saturated carbocycles. The molecular weight excluding hydrogens is 312 g/mol. The maximum absolute atomic E-state index is 10.2. The van der Waals surface area contributed by atoms with Crippen molar-refractivity contribution in [1.82, 2.24) is 9.80 Å². The molecule has 0 spiro atoms. The monoisotopic (exact) mass is 340 g/mol. The Hall–Kier alpha value is -0.650. The minimum Gasteiger partial charge on any atom is -0.389 e. The van der Waals surface area contributed by atoms with Gasteiger partial charge in [-0.15, -0.1) is 0 Å². The van der Waals surface area contributed by atoms with Crippen LogP contribution in [0.15, 0.2) is 24.3 Å². The first-order valence-corrected chi connectivity index (χ1v) is 8.96. The third-order valence-electron chi connectivity index (χ3n) is 4.35. The Morgan fingerprint density at radius 3 is 2.35 bits per heavy atom. The fourth-order valence-corrected chi connectivity index (χ4v) is 3.07. The van der Waals surface area contributed by atoms with E-state index in [1.807, 2.05) is 31.2 Å². The van der Waals surface area contributed by atoms with Crippen LogP contribution in [0.1, 0.15) is 31.9 Å². The maximum Gasteiger partial charge on any atom is 0.0900 e. The zero-order valence-electron chi connectivity index (χ0n) is 14.2. The first-order valence-electron chi connectivity index (χ1n) is 8.58. The third-order valence-corrected chi connectivity index (χ3v) is 4.60. The number of β-amino-alcohol motifs (C(OH)–C–C–N with tert-alkyl or cyclic N) is 1. The van der Waals surface area contributed by atoms with Gasteiger partial charge in [0.15, 0.2) is 0 Å². The van der Waals surface area contributed by atoms with Gasteiger partial charge in [-0.3, -0.25) is 4.90 Å². The molecule has 130 valence electrons. The molecule has 0 aromatic heterocycles. The smallest absolute Gasteiger partial charge is 0.0900 e. The standard InChI is InChI=1S/C18H29ClN2O2/c1-3-8-20-9-11-21(12-10-20)13-18(22)14-23-15(2)16-4-6-17(19)7-5-16/h4-7,15,18,22H,3,8-14H2,1-2H3/t15-,18+/m0/s1. The predicted octanol–water partition coefficient (Wildman–Crippen LogP) is 2.81. The van der Waals surface area contributed by atoms with E-state index in [-0.39, 0.29) is 6.10 Å². The van der Waals surface area contributed by atoms with Crippen LogP contribution in [-0.2, 0) is 4.74 Å². The molecule has 0 radical (unpaired) electrons. The van der Waals surface area contributed by atoms with Gasteiger partial charge in [-0.05, 0) is 37.6 Å². The number of aliphatic hydroxyl groups excluding tert-OH is 1. The van der Waals surface area contributed by atoms with Gasteiger partial charge in [-0.1, -0.05) is 30.7 Å². The summed E-state index contributed by atoms with van der Waals surface area (Å²) in [6.07, 6.45) is 0.727. The van der Waals surface area contributed by atoms with Gasteiger partial charge in [0.1, 0.15) is 0 Å². The molecule has 1 N–H and O–H groups in total. The molecule has 23 heavy (non-hydrogen) atoms. The van der Waals surface area contributed by atoms with Crippen LogP contribution >= 0.6 is 11.6 Å². The van der Waals surface area contributed by atoms with Crippen molar-refractivity contribution in [1.29, 1.82) is 0 Å². The fraction of sp³-hybridized carbons (Fsp3) is 0.667. The normalized spacial score (nSPS) is 19.7. The van der Waals surface area contributed by atoms with Crippen LogP contribution in [0.5, 0.6) is 0 Å². The van der Waals surface area contributed by atoms with Gasteiger partial charge in [-0.25, -0.2) is 0 Å². The number of benzene rings is 1. The number of aliphatic hydroxyl groups is 1. The van der Waals surface area contributed by atoms with Crippen LogP contribution in [0.2, 0.25) is 5.02 Å². The zero-order chi connectivity index (χ0) is 16.7. The van der Waals surface area contributed by atoms with Crippen molar-refractivity contribution < 1.29 is 9.84 Å². The van der Waals surface area contributed by atoms with E-state index in [4.69, 9.17) is 16.3 Å². The second-order valence-corrected chi connectivity index (χ2v) is 6.76. The van der Waals surface area contributed by atoms with Crippen LogP contribution in [0.3, 0.4) is 0 Å². The highest BCUT2D eigenvalue weighted by atomic mass is 35.5. The largest absolute Gasteiger partial charge is 0.389 e. The highest BCUT2D eigenvalue weighted by Gasteiger charge is 2.19. The minimum absolute atomic E-state index is 0.0386. The highest BCUT2D eigenvalue weighted by molar-refractivity contribution is 6.30. The summed E-state index contributed by atoms with van der Waals surface area (Å²) in [5, 5.41) is 10.9. The Morgan fingerprint density at radius 2 is 1.74 bits per heavy atom. The van der Waals surface area contributed by atoms with Crippen molar-refractivity contribution in [2.45, 2.75) is 32.5 Å². The molecule has 1 aliphatic rings. The molecule has 2 atom stereocenters.